The normalized spacial score (nSPS) is 21.1. The molecule has 2 fully saturated rings. The quantitative estimate of drug-likeness (QED) is 0.200. The number of ether oxygens (including phenoxy) is 6. The third-order valence-electron chi connectivity index (χ3n) is 12.1. The van der Waals surface area contributed by atoms with Gasteiger partial charge in [0.2, 0.25) is 0 Å². The number of hydrogen-bond acceptors (Lipinski definition) is 10. The van der Waals surface area contributed by atoms with Crippen molar-refractivity contribution >= 4 is 11.9 Å². The molecule has 59 heavy (non-hydrogen) atoms. The van der Waals surface area contributed by atoms with Crippen molar-refractivity contribution in [1.82, 2.24) is 0 Å². The molecule has 1 spiro atoms. The topological polar surface area (TPSA) is 130 Å². The SMILES string of the molecule is CC(C)(C)c1cc(CCC(=O)OCC(C)(C)C2COC3(OC2)OCC(C(C)(C)COC(=O)CCc2cc(C(C)(C)C)c(O)c(C(C)(C)C)c2)CO3)cc(C(C)(C)C)c1O. The number of phenolic OH excluding ortho intramolecular Hbond substituents is 2. The van der Waals surface area contributed by atoms with E-state index < -0.39 is 17.0 Å². The van der Waals surface area contributed by atoms with Crippen LogP contribution in [0.4, 0.5) is 0 Å². The second kappa shape index (κ2) is 17.7. The van der Waals surface area contributed by atoms with Gasteiger partial charge in [-0.05, 0) is 67.9 Å². The molecule has 0 aromatic heterocycles. The van der Waals surface area contributed by atoms with Crippen LogP contribution in [0.25, 0.3) is 0 Å². The predicted octanol–water partition coefficient (Wildman–Crippen LogP) is 9.93. The Morgan fingerprint density at radius 3 is 1.02 bits per heavy atom. The standard InChI is InChI=1S/C49H76O10/c1-43(2,3)35-21-31(22-36(41(35)52)44(4,5)6)17-19-39(50)54-29-47(13,14)33-25-56-49(57-26-33)58-27-34(28-59-49)48(15,16)30-55-40(51)20-18-32-23-37(45(7,8)9)42(53)38(24-32)46(10,11)12/h21-24,33-34,52-53H,17-20,25-30H2,1-16H3. The summed E-state index contributed by atoms with van der Waals surface area (Å²) in [5, 5.41) is 22.1. The number of carbonyl (C=O) groups is 2. The molecule has 332 valence electrons. The summed E-state index contributed by atoms with van der Waals surface area (Å²) in [4.78, 5) is 26.0. The maximum atomic E-state index is 13.0. The van der Waals surface area contributed by atoms with Crippen LogP contribution in [0.2, 0.25) is 0 Å². The Hall–Kier alpha value is -3.18. The van der Waals surface area contributed by atoms with Gasteiger partial charge >= 0.3 is 18.1 Å². The highest BCUT2D eigenvalue weighted by atomic mass is 17.0. The Kier molecular flexibility index (Phi) is 14.5. The highest BCUT2D eigenvalue weighted by Crippen LogP contribution is 2.43. The Balaban J connectivity index is 1.23. The van der Waals surface area contributed by atoms with Crippen molar-refractivity contribution in [2.45, 2.75) is 164 Å². The van der Waals surface area contributed by atoms with Crippen LogP contribution in [0.3, 0.4) is 0 Å². The van der Waals surface area contributed by atoms with Crippen LogP contribution in [0.5, 0.6) is 11.5 Å². The van der Waals surface area contributed by atoms with Gasteiger partial charge in [0.05, 0.1) is 39.6 Å². The number of rotatable bonds is 12. The molecule has 0 aliphatic carbocycles. The number of carbonyl (C=O) groups excluding carboxylic acids is 2. The van der Waals surface area contributed by atoms with Crippen molar-refractivity contribution in [3.8, 4) is 11.5 Å². The molecule has 10 nitrogen and oxygen atoms in total. The average Bonchev–Trinajstić information content (AvgIpc) is 3.10. The molecule has 2 saturated heterocycles. The van der Waals surface area contributed by atoms with E-state index in [2.05, 4.69) is 83.1 Å². The fourth-order valence-corrected chi connectivity index (χ4v) is 7.43. The second-order valence-corrected chi connectivity index (χ2v) is 22.5. The van der Waals surface area contributed by atoms with Crippen LogP contribution in [0.1, 0.15) is 157 Å². The van der Waals surface area contributed by atoms with Crippen molar-refractivity contribution in [2.24, 2.45) is 22.7 Å². The minimum absolute atomic E-state index is 0.0795. The molecule has 10 heteroatoms. The third kappa shape index (κ3) is 12.5. The van der Waals surface area contributed by atoms with Gasteiger partial charge in [-0.25, -0.2) is 0 Å². The lowest BCUT2D eigenvalue weighted by atomic mass is 9.78. The molecule has 0 atom stereocenters. The van der Waals surface area contributed by atoms with Gasteiger partial charge in [-0.2, -0.15) is 0 Å². The first kappa shape index (κ1) is 48.5. The number of benzene rings is 2. The van der Waals surface area contributed by atoms with E-state index in [-0.39, 0.29) is 71.5 Å². The Bertz CT molecular complexity index is 1570. The van der Waals surface area contributed by atoms with Crippen LogP contribution in [0, 0.1) is 22.7 Å². The summed E-state index contributed by atoms with van der Waals surface area (Å²) < 4.78 is 35.9. The molecule has 0 bridgehead atoms. The van der Waals surface area contributed by atoms with Crippen LogP contribution >= 0.6 is 0 Å². The molecular formula is C49H76O10. The summed E-state index contributed by atoms with van der Waals surface area (Å²) in [5.41, 5.74) is 3.62. The Morgan fingerprint density at radius 1 is 0.525 bits per heavy atom. The minimum atomic E-state index is -1.60. The second-order valence-electron chi connectivity index (χ2n) is 22.5. The molecule has 2 N–H and O–H groups in total. The van der Waals surface area contributed by atoms with Gasteiger partial charge in [-0.15, -0.1) is 0 Å². The number of hydrogen-bond donors (Lipinski definition) is 2. The zero-order valence-electron chi connectivity index (χ0n) is 39.2. The van der Waals surface area contributed by atoms with Crippen LogP contribution < -0.4 is 0 Å². The highest BCUT2D eigenvalue weighted by Gasteiger charge is 2.50. The number of esters is 2. The van der Waals surface area contributed by atoms with Gasteiger partial charge in [0, 0.05) is 35.5 Å². The van der Waals surface area contributed by atoms with Crippen LogP contribution in [0.15, 0.2) is 24.3 Å². The number of aromatic hydroxyl groups is 2. The smallest absolute Gasteiger partial charge is 0.412 e. The Morgan fingerprint density at radius 2 is 0.780 bits per heavy atom. The monoisotopic (exact) mass is 825 g/mol. The van der Waals surface area contributed by atoms with Gasteiger partial charge in [0.15, 0.2) is 0 Å². The van der Waals surface area contributed by atoms with E-state index in [1.807, 2.05) is 52.0 Å². The van der Waals surface area contributed by atoms with E-state index in [0.717, 1.165) is 33.4 Å². The van der Waals surface area contributed by atoms with E-state index in [0.29, 0.717) is 50.8 Å². The first-order valence-electron chi connectivity index (χ1n) is 21.5. The fourth-order valence-electron chi connectivity index (χ4n) is 7.43. The zero-order valence-corrected chi connectivity index (χ0v) is 39.2. The van der Waals surface area contributed by atoms with E-state index >= 15 is 0 Å². The average molecular weight is 825 g/mol. The summed E-state index contributed by atoms with van der Waals surface area (Å²) in [6, 6.07) is 8.03. The van der Waals surface area contributed by atoms with Gasteiger partial charge < -0.3 is 38.6 Å². The fraction of sp³-hybridized carbons (Fsp3) is 0.714. The molecule has 2 aliphatic rings. The Labute approximate surface area is 355 Å². The maximum Gasteiger partial charge on any atom is 0.412 e. The van der Waals surface area contributed by atoms with Gasteiger partial charge in [0.1, 0.15) is 11.5 Å². The molecule has 0 unspecified atom stereocenters. The van der Waals surface area contributed by atoms with Crippen LogP contribution in [-0.2, 0) is 72.5 Å². The molecular weight excluding hydrogens is 749 g/mol. The van der Waals surface area contributed by atoms with Gasteiger partial charge in [0.25, 0.3) is 0 Å². The molecule has 0 saturated carbocycles. The van der Waals surface area contributed by atoms with Crippen molar-refractivity contribution in [3.63, 3.8) is 0 Å². The molecule has 4 rings (SSSR count). The van der Waals surface area contributed by atoms with Crippen molar-refractivity contribution in [2.75, 3.05) is 39.6 Å². The third-order valence-corrected chi connectivity index (χ3v) is 12.1. The summed E-state index contributed by atoms with van der Waals surface area (Å²) >= 11 is 0. The minimum Gasteiger partial charge on any atom is -0.507 e. The first-order valence-corrected chi connectivity index (χ1v) is 21.5. The summed E-state index contributed by atoms with van der Waals surface area (Å²) in [6.45, 7) is 34.6. The van der Waals surface area contributed by atoms with E-state index in [9.17, 15) is 19.8 Å². The molecule has 2 aliphatic heterocycles. The lowest BCUT2D eigenvalue weighted by molar-refractivity contribution is -0.539. The van der Waals surface area contributed by atoms with Crippen molar-refractivity contribution in [3.05, 3.63) is 57.6 Å². The lowest BCUT2D eigenvalue weighted by Crippen LogP contribution is -2.56. The summed E-state index contributed by atoms with van der Waals surface area (Å²) in [7, 11) is 0. The largest absolute Gasteiger partial charge is 0.507 e. The lowest BCUT2D eigenvalue weighted by Gasteiger charge is -2.47. The molecule has 2 heterocycles. The zero-order chi connectivity index (χ0) is 44.6. The molecule has 2 aromatic carbocycles. The summed E-state index contributed by atoms with van der Waals surface area (Å²) in [5.74, 6) is -0.0730. The predicted molar refractivity (Wildman–Crippen MR) is 231 cm³/mol. The number of aryl methyl sites for hydroxylation is 2. The highest BCUT2D eigenvalue weighted by molar-refractivity contribution is 5.70. The van der Waals surface area contributed by atoms with Gasteiger partial charge in [-0.3, -0.25) is 9.59 Å². The van der Waals surface area contributed by atoms with Gasteiger partial charge in [-0.1, -0.05) is 135 Å². The van der Waals surface area contributed by atoms with E-state index in [4.69, 9.17) is 28.4 Å². The first-order chi connectivity index (χ1) is 26.8. The van der Waals surface area contributed by atoms with Crippen molar-refractivity contribution in [1.29, 1.82) is 0 Å². The summed E-state index contributed by atoms with van der Waals surface area (Å²) in [6.07, 6.45) is -0.127. The molecule has 0 radical (unpaired) electrons. The van der Waals surface area contributed by atoms with Crippen LogP contribution in [-0.4, -0.2) is 68.0 Å². The number of phenols is 2. The maximum absolute atomic E-state index is 13.0. The molecule has 0 amide bonds. The van der Waals surface area contributed by atoms with E-state index in [1.54, 1.807) is 0 Å². The molecule has 2 aromatic rings. The van der Waals surface area contributed by atoms with Crippen molar-refractivity contribution < 1.29 is 48.2 Å². The van der Waals surface area contributed by atoms with E-state index in [1.165, 1.54) is 0 Å².